The molecule has 1 aliphatic heterocycles. The Hall–Kier alpha value is -0.870. The van der Waals surface area contributed by atoms with E-state index in [1.807, 2.05) is 0 Å². The summed E-state index contributed by atoms with van der Waals surface area (Å²) in [5.74, 6) is 2.33. The molecule has 5 unspecified atom stereocenters. The molecule has 0 aromatic heterocycles. The zero-order chi connectivity index (χ0) is 28.2. The van der Waals surface area contributed by atoms with Gasteiger partial charge < -0.3 is 14.8 Å². The molecule has 4 nitrogen and oxygen atoms in total. The molecule has 5 fully saturated rings. The Morgan fingerprint density at radius 1 is 0.974 bits per heavy atom. The lowest BCUT2D eigenvalue weighted by atomic mass is 9.35. The van der Waals surface area contributed by atoms with E-state index in [9.17, 15) is 4.79 Å². The molecule has 10 atom stereocenters. The topological polar surface area (TPSA) is 50.9 Å². The zero-order valence-electron chi connectivity index (χ0n) is 26.5. The van der Waals surface area contributed by atoms with E-state index in [0.717, 1.165) is 26.0 Å². The molecular weight excluding hydrogens is 482 g/mol. The number of ether oxygens (including phenoxy) is 2. The molecule has 1 heterocycles. The fourth-order valence-corrected chi connectivity index (χ4v) is 11.9. The number of hydrogen-bond donors (Lipinski definition) is 1. The Morgan fingerprint density at radius 3 is 2.31 bits per heavy atom. The van der Waals surface area contributed by atoms with Crippen LogP contribution in [0.4, 0.5) is 0 Å². The highest BCUT2D eigenvalue weighted by Crippen LogP contribution is 2.75. The van der Waals surface area contributed by atoms with Crippen LogP contribution in [0.15, 0.2) is 11.6 Å². The van der Waals surface area contributed by atoms with Crippen LogP contribution < -0.4 is 5.32 Å². The van der Waals surface area contributed by atoms with Crippen molar-refractivity contribution in [3.63, 3.8) is 0 Å². The van der Waals surface area contributed by atoms with Crippen LogP contribution in [0.3, 0.4) is 0 Å². The average molecular weight is 540 g/mol. The lowest BCUT2D eigenvalue weighted by Crippen LogP contribution is -2.66. The van der Waals surface area contributed by atoms with Gasteiger partial charge in [0.2, 0.25) is 0 Å². The second-order valence-corrected chi connectivity index (χ2v) is 17.2. The molecule has 0 radical (unpaired) electrons. The first kappa shape index (κ1) is 28.3. The maximum absolute atomic E-state index is 12.0. The Labute approximate surface area is 238 Å². The standard InChI is InChI=1S/C35H57NO3/c1-22(2)36-20-31(6)16-17-32(7)13-10-25-24(26(32)19-31)18-35(21-38-35)29-33(25,8)14-11-27-30(4,5)28(39-23(3)37)12-15-34(27,29)9/h18,22,25-29,36H,10-17,19-21H2,1-9H3/t25?,26-,27?,28-,29?,31-,32-,33?,34-,35?/m0/s1. The minimum Gasteiger partial charge on any atom is -0.462 e. The zero-order valence-corrected chi connectivity index (χ0v) is 26.5. The van der Waals surface area contributed by atoms with Crippen LogP contribution in [-0.4, -0.2) is 36.9 Å². The molecule has 4 heteroatoms. The van der Waals surface area contributed by atoms with E-state index in [4.69, 9.17) is 9.47 Å². The molecule has 5 aliphatic carbocycles. The summed E-state index contributed by atoms with van der Waals surface area (Å²) in [7, 11) is 0. The van der Waals surface area contributed by atoms with Crippen LogP contribution in [0.5, 0.6) is 0 Å². The lowest BCUT2D eigenvalue weighted by molar-refractivity contribution is -0.210. The van der Waals surface area contributed by atoms with Crippen LogP contribution in [0.2, 0.25) is 0 Å². The van der Waals surface area contributed by atoms with Crippen molar-refractivity contribution in [1.82, 2.24) is 5.32 Å². The molecule has 1 saturated heterocycles. The maximum Gasteiger partial charge on any atom is 0.302 e. The summed E-state index contributed by atoms with van der Waals surface area (Å²) in [6.07, 6.45) is 14.2. The van der Waals surface area contributed by atoms with E-state index >= 15 is 0 Å². The quantitative estimate of drug-likeness (QED) is 0.226. The average Bonchev–Trinajstić information content (AvgIpc) is 3.59. The van der Waals surface area contributed by atoms with Gasteiger partial charge in [0.25, 0.3) is 0 Å². The van der Waals surface area contributed by atoms with E-state index < -0.39 is 0 Å². The number of carbonyl (C=O) groups excluding carboxylic acids is 1. The third kappa shape index (κ3) is 4.15. The summed E-state index contributed by atoms with van der Waals surface area (Å²) in [5.41, 5.74) is 2.99. The number of epoxide rings is 1. The summed E-state index contributed by atoms with van der Waals surface area (Å²) in [5, 5.41) is 3.80. The molecule has 220 valence electrons. The number of carbonyl (C=O) groups is 1. The van der Waals surface area contributed by atoms with Gasteiger partial charge in [0.1, 0.15) is 11.7 Å². The number of fused-ring (bicyclic) bond motifs is 8. The van der Waals surface area contributed by atoms with Gasteiger partial charge in [-0.25, -0.2) is 0 Å². The molecule has 4 saturated carbocycles. The van der Waals surface area contributed by atoms with Crippen molar-refractivity contribution in [2.45, 2.75) is 138 Å². The van der Waals surface area contributed by atoms with Gasteiger partial charge in [-0.15, -0.1) is 0 Å². The number of esters is 1. The van der Waals surface area contributed by atoms with Crippen molar-refractivity contribution < 1.29 is 14.3 Å². The minimum atomic E-state index is -0.127. The molecule has 1 N–H and O–H groups in total. The number of nitrogens with one attached hydrogen (secondary N) is 1. The fraction of sp³-hybridized carbons (Fsp3) is 0.914. The van der Waals surface area contributed by atoms with E-state index in [0.29, 0.717) is 40.5 Å². The molecule has 1 spiro atoms. The van der Waals surface area contributed by atoms with Crippen molar-refractivity contribution in [2.75, 3.05) is 13.2 Å². The van der Waals surface area contributed by atoms with E-state index in [1.54, 1.807) is 12.5 Å². The lowest BCUT2D eigenvalue weighted by Gasteiger charge is -2.69. The normalized spacial score (nSPS) is 51.7. The van der Waals surface area contributed by atoms with Crippen LogP contribution in [0.25, 0.3) is 0 Å². The number of rotatable bonds is 4. The van der Waals surface area contributed by atoms with E-state index in [2.05, 4.69) is 66.8 Å². The number of allylic oxidation sites excluding steroid dienone is 1. The summed E-state index contributed by atoms with van der Waals surface area (Å²) in [6.45, 7) is 23.4. The smallest absolute Gasteiger partial charge is 0.302 e. The monoisotopic (exact) mass is 539 g/mol. The van der Waals surface area contributed by atoms with Gasteiger partial charge >= 0.3 is 5.97 Å². The summed E-state index contributed by atoms with van der Waals surface area (Å²) < 4.78 is 12.6. The highest BCUT2D eigenvalue weighted by Gasteiger charge is 2.73. The largest absolute Gasteiger partial charge is 0.462 e. The summed E-state index contributed by atoms with van der Waals surface area (Å²) >= 11 is 0. The first-order valence-corrected chi connectivity index (χ1v) is 16.4. The van der Waals surface area contributed by atoms with E-state index in [1.165, 1.54) is 44.9 Å². The van der Waals surface area contributed by atoms with E-state index in [-0.39, 0.29) is 33.9 Å². The molecule has 0 aromatic carbocycles. The maximum atomic E-state index is 12.0. The Bertz CT molecular complexity index is 1040. The fourth-order valence-electron chi connectivity index (χ4n) is 11.9. The Morgan fingerprint density at radius 2 is 1.67 bits per heavy atom. The second-order valence-electron chi connectivity index (χ2n) is 17.2. The predicted octanol–water partition coefficient (Wildman–Crippen LogP) is 7.71. The molecule has 0 amide bonds. The van der Waals surface area contributed by atoms with Gasteiger partial charge in [-0.3, -0.25) is 4.79 Å². The van der Waals surface area contributed by atoms with Gasteiger partial charge in [0.05, 0.1) is 6.61 Å². The summed E-state index contributed by atoms with van der Waals surface area (Å²) in [4.78, 5) is 12.0. The van der Waals surface area contributed by atoms with Crippen molar-refractivity contribution in [1.29, 1.82) is 0 Å². The van der Waals surface area contributed by atoms with Crippen LogP contribution in [-0.2, 0) is 14.3 Å². The first-order chi connectivity index (χ1) is 18.1. The third-order valence-corrected chi connectivity index (χ3v) is 13.8. The molecule has 39 heavy (non-hydrogen) atoms. The number of hydrogen-bond acceptors (Lipinski definition) is 4. The highest BCUT2D eigenvalue weighted by atomic mass is 16.6. The third-order valence-electron chi connectivity index (χ3n) is 13.8. The molecule has 6 rings (SSSR count). The Kier molecular flexibility index (Phi) is 6.39. The highest BCUT2D eigenvalue weighted by molar-refractivity contribution is 5.66. The van der Waals surface area contributed by atoms with Crippen LogP contribution in [0.1, 0.15) is 120 Å². The minimum absolute atomic E-state index is 0.0141. The predicted molar refractivity (Wildman–Crippen MR) is 157 cm³/mol. The van der Waals surface area contributed by atoms with Crippen LogP contribution in [0, 0.1) is 50.7 Å². The van der Waals surface area contributed by atoms with Crippen LogP contribution >= 0.6 is 0 Å². The van der Waals surface area contributed by atoms with Gasteiger partial charge in [-0.2, -0.15) is 0 Å². The van der Waals surface area contributed by atoms with Crippen molar-refractivity contribution >= 4 is 5.97 Å². The van der Waals surface area contributed by atoms with Gasteiger partial charge in [-0.05, 0) is 97.2 Å². The Balaban J connectivity index is 1.37. The van der Waals surface area contributed by atoms with Crippen molar-refractivity contribution in [3.05, 3.63) is 11.6 Å². The summed E-state index contributed by atoms with van der Waals surface area (Å²) in [6, 6.07) is 0.544. The molecule has 0 aromatic rings. The van der Waals surface area contributed by atoms with Gasteiger partial charge in [0, 0.05) is 30.8 Å². The first-order valence-electron chi connectivity index (χ1n) is 16.4. The van der Waals surface area contributed by atoms with Crippen molar-refractivity contribution in [3.8, 4) is 0 Å². The molecular formula is C35H57NO3. The second kappa shape index (κ2) is 8.82. The van der Waals surface area contributed by atoms with Gasteiger partial charge in [0.15, 0.2) is 0 Å². The van der Waals surface area contributed by atoms with Gasteiger partial charge in [-0.1, -0.05) is 67.0 Å². The molecule has 6 aliphatic rings. The SMILES string of the molecule is CC(=O)O[C@H]1CC[C@]2(C)C3C4(C=C5C(CC[C@@]6(C)CC[C@](C)(CNC(C)C)C[C@@H]56)C3(C)CCC2C1(C)C)CO4. The van der Waals surface area contributed by atoms with Crippen molar-refractivity contribution in [2.24, 2.45) is 50.7 Å². The molecule has 0 bridgehead atoms.